The number of aromatic amines is 1. The molecule has 0 bridgehead atoms. The van der Waals surface area contributed by atoms with Crippen LogP contribution in [0.15, 0.2) is 54.9 Å². The summed E-state index contributed by atoms with van der Waals surface area (Å²) in [7, 11) is 0. The average Bonchev–Trinajstić information content (AvgIpc) is 3.50. The van der Waals surface area contributed by atoms with Crippen LogP contribution in [-0.4, -0.2) is 63.7 Å². The van der Waals surface area contributed by atoms with Gasteiger partial charge in [-0.05, 0) is 37.1 Å². The molecule has 36 heavy (non-hydrogen) atoms. The van der Waals surface area contributed by atoms with Crippen LogP contribution in [0.2, 0.25) is 0 Å². The average molecular weight is 486 g/mol. The zero-order valence-corrected chi connectivity index (χ0v) is 20.7. The lowest BCUT2D eigenvalue weighted by atomic mass is 9.83. The van der Waals surface area contributed by atoms with Crippen molar-refractivity contribution in [1.29, 1.82) is 0 Å². The third-order valence-corrected chi connectivity index (χ3v) is 7.94. The molecule has 0 unspecified atom stereocenters. The molecule has 0 aliphatic carbocycles. The molecule has 9 heteroatoms. The third-order valence-electron chi connectivity index (χ3n) is 7.94. The monoisotopic (exact) mass is 485 g/mol. The third kappa shape index (κ3) is 3.61. The second kappa shape index (κ2) is 8.36. The minimum Gasteiger partial charge on any atom is -0.356 e. The van der Waals surface area contributed by atoms with E-state index in [4.69, 9.17) is 0 Å². The number of piperidine rings is 1. The van der Waals surface area contributed by atoms with Gasteiger partial charge in [0.2, 0.25) is 5.91 Å². The maximum Gasteiger partial charge on any atom is 0.254 e. The summed E-state index contributed by atoms with van der Waals surface area (Å²) in [4.78, 5) is 37.3. The fraction of sp³-hybridized carbons (Fsp3) is 0.407. The summed E-state index contributed by atoms with van der Waals surface area (Å²) in [5, 5.41) is 10.3. The van der Waals surface area contributed by atoms with Gasteiger partial charge in [-0.1, -0.05) is 32.0 Å². The molecule has 1 spiro atoms. The van der Waals surface area contributed by atoms with Crippen molar-refractivity contribution in [1.82, 2.24) is 25.4 Å². The Morgan fingerprint density at radius 1 is 1.08 bits per heavy atom. The van der Waals surface area contributed by atoms with Gasteiger partial charge in [-0.15, -0.1) is 0 Å². The zero-order valence-electron chi connectivity index (χ0n) is 20.7. The summed E-state index contributed by atoms with van der Waals surface area (Å²) >= 11 is 0. The predicted molar refractivity (Wildman–Crippen MR) is 137 cm³/mol. The Labute approximate surface area is 210 Å². The lowest BCUT2D eigenvalue weighted by molar-refractivity contribution is -0.124. The number of hydrogen-bond acceptors (Lipinski definition) is 6. The maximum absolute atomic E-state index is 13.5. The van der Waals surface area contributed by atoms with Crippen LogP contribution in [0.1, 0.15) is 48.3 Å². The van der Waals surface area contributed by atoms with Crippen LogP contribution in [0.3, 0.4) is 0 Å². The first-order valence-electron chi connectivity index (χ1n) is 12.5. The summed E-state index contributed by atoms with van der Waals surface area (Å²) in [5.41, 5.74) is 3.11. The first kappa shape index (κ1) is 22.6. The highest BCUT2D eigenvalue weighted by Crippen LogP contribution is 2.37. The number of benzene rings is 1. The number of carbonyl (C=O) groups is 2. The molecule has 9 nitrogen and oxygen atoms in total. The molecule has 0 radical (unpaired) electrons. The Kier molecular flexibility index (Phi) is 5.24. The molecule has 5 heterocycles. The minimum absolute atomic E-state index is 0.00234. The van der Waals surface area contributed by atoms with Crippen LogP contribution in [0, 0.1) is 0 Å². The largest absolute Gasteiger partial charge is 0.356 e. The SMILES string of the molecule is CC1(C)CN(C(=O)c2ccnc(N3CCC4(CC3)C(=O)NCN4c3ccccc3)c2)Cc2cn[nH]c21. The number of rotatable bonds is 3. The van der Waals surface area contributed by atoms with E-state index in [2.05, 4.69) is 56.3 Å². The van der Waals surface area contributed by atoms with Crippen molar-refractivity contribution in [2.75, 3.05) is 36.1 Å². The van der Waals surface area contributed by atoms with Gasteiger partial charge in [-0.2, -0.15) is 5.10 Å². The van der Waals surface area contributed by atoms with Crippen molar-refractivity contribution in [3.8, 4) is 0 Å². The van der Waals surface area contributed by atoms with Gasteiger partial charge in [0.05, 0.1) is 12.9 Å². The molecule has 3 aliphatic heterocycles. The van der Waals surface area contributed by atoms with E-state index in [-0.39, 0.29) is 17.2 Å². The van der Waals surface area contributed by atoms with Gasteiger partial charge < -0.3 is 20.0 Å². The summed E-state index contributed by atoms with van der Waals surface area (Å²) in [6.07, 6.45) is 4.91. The van der Waals surface area contributed by atoms with E-state index in [1.807, 2.05) is 35.4 Å². The smallest absolute Gasteiger partial charge is 0.254 e. The number of aromatic nitrogens is 3. The summed E-state index contributed by atoms with van der Waals surface area (Å²) in [6, 6.07) is 13.8. The number of anilines is 2. The van der Waals surface area contributed by atoms with E-state index in [9.17, 15) is 9.59 Å². The first-order valence-corrected chi connectivity index (χ1v) is 12.5. The number of carbonyl (C=O) groups excluding carboxylic acids is 2. The van der Waals surface area contributed by atoms with Crippen LogP contribution in [0.5, 0.6) is 0 Å². The van der Waals surface area contributed by atoms with Crippen LogP contribution in [0.4, 0.5) is 11.5 Å². The molecular formula is C27H31N7O2. The van der Waals surface area contributed by atoms with E-state index in [1.165, 1.54) is 0 Å². The summed E-state index contributed by atoms with van der Waals surface area (Å²) in [6.45, 7) is 7.33. The maximum atomic E-state index is 13.5. The molecule has 2 saturated heterocycles. The molecule has 2 fully saturated rings. The second-order valence-electron chi connectivity index (χ2n) is 10.7. The lowest BCUT2D eigenvalue weighted by Gasteiger charge is -2.43. The number of para-hydroxylation sites is 1. The van der Waals surface area contributed by atoms with Gasteiger partial charge in [0.15, 0.2) is 0 Å². The first-order chi connectivity index (χ1) is 17.4. The Hall–Kier alpha value is -3.88. The Balaban J connectivity index is 1.19. The molecule has 2 aromatic heterocycles. The van der Waals surface area contributed by atoms with Crippen LogP contribution in [0.25, 0.3) is 0 Å². The van der Waals surface area contributed by atoms with E-state index in [0.29, 0.717) is 51.3 Å². The number of hydrogen-bond donors (Lipinski definition) is 2. The highest BCUT2D eigenvalue weighted by atomic mass is 16.2. The summed E-state index contributed by atoms with van der Waals surface area (Å²) < 4.78 is 0. The van der Waals surface area contributed by atoms with Crippen LogP contribution in [-0.2, 0) is 16.8 Å². The van der Waals surface area contributed by atoms with Crippen molar-refractivity contribution in [3.05, 3.63) is 71.7 Å². The van der Waals surface area contributed by atoms with Gasteiger partial charge in [0, 0.05) is 60.3 Å². The highest BCUT2D eigenvalue weighted by molar-refractivity contribution is 5.95. The molecule has 1 aromatic carbocycles. The molecule has 2 amide bonds. The normalized spacial score (nSPS) is 20.4. The van der Waals surface area contributed by atoms with E-state index in [1.54, 1.807) is 12.3 Å². The van der Waals surface area contributed by atoms with Crippen molar-refractivity contribution < 1.29 is 9.59 Å². The fourth-order valence-electron chi connectivity index (χ4n) is 6.02. The molecule has 3 aliphatic rings. The van der Waals surface area contributed by atoms with Gasteiger partial charge in [-0.25, -0.2) is 4.98 Å². The van der Waals surface area contributed by atoms with Crippen LogP contribution < -0.4 is 15.1 Å². The topological polar surface area (TPSA) is 97.5 Å². The Morgan fingerprint density at radius 2 is 1.86 bits per heavy atom. The van der Waals surface area contributed by atoms with Gasteiger partial charge in [-0.3, -0.25) is 14.7 Å². The highest BCUT2D eigenvalue weighted by Gasteiger charge is 2.50. The number of amides is 2. The van der Waals surface area contributed by atoms with Crippen molar-refractivity contribution in [2.24, 2.45) is 0 Å². The molecule has 0 atom stereocenters. The van der Waals surface area contributed by atoms with Crippen molar-refractivity contribution >= 4 is 23.3 Å². The van der Waals surface area contributed by atoms with E-state index in [0.717, 1.165) is 22.8 Å². The standard InChI is InChI=1S/C27H31N7O2/c1-26(2)17-33(16-20-15-30-31-23(20)26)24(35)19-8-11-28-22(14-19)32-12-9-27(10-13-32)25(36)29-18-34(27)21-6-4-3-5-7-21/h3-8,11,14-15H,9-10,12-13,16-18H2,1-2H3,(H,29,36)(H,30,31). The summed E-state index contributed by atoms with van der Waals surface area (Å²) in [5.74, 6) is 0.868. The van der Waals surface area contributed by atoms with Gasteiger partial charge in [0.1, 0.15) is 11.4 Å². The van der Waals surface area contributed by atoms with E-state index >= 15 is 0 Å². The van der Waals surface area contributed by atoms with Crippen LogP contribution >= 0.6 is 0 Å². The number of nitrogens with one attached hydrogen (secondary N) is 2. The van der Waals surface area contributed by atoms with Crippen molar-refractivity contribution in [3.63, 3.8) is 0 Å². The van der Waals surface area contributed by atoms with Gasteiger partial charge in [0.25, 0.3) is 5.91 Å². The number of fused-ring (bicyclic) bond motifs is 1. The second-order valence-corrected chi connectivity index (χ2v) is 10.7. The zero-order chi connectivity index (χ0) is 24.9. The fourth-order valence-corrected chi connectivity index (χ4v) is 6.02. The molecule has 6 rings (SSSR count). The number of pyridine rings is 1. The minimum atomic E-state index is -0.549. The Morgan fingerprint density at radius 3 is 2.64 bits per heavy atom. The Bertz CT molecular complexity index is 1290. The number of H-pyrrole nitrogens is 1. The molecule has 2 N–H and O–H groups in total. The number of nitrogens with zero attached hydrogens (tertiary/aromatic N) is 5. The lowest BCUT2D eigenvalue weighted by Crippen LogP contribution is -2.56. The predicted octanol–water partition coefficient (Wildman–Crippen LogP) is 2.67. The van der Waals surface area contributed by atoms with E-state index < -0.39 is 5.54 Å². The molecule has 0 saturated carbocycles. The van der Waals surface area contributed by atoms with Gasteiger partial charge >= 0.3 is 0 Å². The molecular weight excluding hydrogens is 454 g/mol. The quantitative estimate of drug-likeness (QED) is 0.592. The molecule has 186 valence electrons. The molecule has 3 aromatic rings. The van der Waals surface area contributed by atoms with Crippen molar-refractivity contribution in [2.45, 2.75) is 44.2 Å².